The largest absolute Gasteiger partial charge is 0.502 e. The van der Waals surface area contributed by atoms with Crippen LogP contribution in [0.2, 0.25) is 5.02 Å². The van der Waals surface area contributed by atoms with Crippen LogP contribution < -0.4 is 10.9 Å². The first kappa shape index (κ1) is 18.3. The van der Waals surface area contributed by atoms with E-state index in [0.29, 0.717) is 22.3 Å². The second kappa shape index (κ2) is 7.40. The van der Waals surface area contributed by atoms with Crippen molar-refractivity contribution in [2.45, 2.75) is 11.9 Å². The summed E-state index contributed by atoms with van der Waals surface area (Å²) < 4.78 is 1.30. The van der Waals surface area contributed by atoms with E-state index in [9.17, 15) is 14.7 Å². The summed E-state index contributed by atoms with van der Waals surface area (Å²) in [5.74, 6) is -1.20. The summed E-state index contributed by atoms with van der Waals surface area (Å²) in [6, 6.07) is 14.0. The van der Waals surface area contributed by atoms with Crippen molar-refractivity contribution >= 4 is 40.0 Å². The van der Waals surface area contributed by atoms with Crippen LogP contribution >= 0.6 is 23.2 Å². The van der Waals surface area contributed by atoms with Crippen molar-refractivity contribution in [3.05, 3.63) is 75.0 Å². The first-order valence-electron chi connectivity index (χ1n) is 7.88. The molecule has 26 heavy (non-hydrogen) atoms. The Bertz CT molecular complexity index is 1030. The predicted octanol–water partition coefficient (Wildman–Crippen LogP) is 3.43. The molecule has 0 aliphatic heterocycles. The van der Waals surface area contributed by atoms with E-state index in [1.165, 1.54) is 11.6 Å². The molecule has 2 N–H and O–H groups in total. The number of aromatic hydroxyl groups is 1. The second-order valence-corrected chi connectivity index (χ2v) is 6.84. The van der Waals surface area contributed by atoms with Crippen molar-refractivity contribution in [3.63, 3.8) is 0 Å². The molecule has 0 spiro atoms. The van der Waals surface area contributed by atoms with Crippen LogP contribution in [-0.4, -0.2) is 21.1 Å². The molecule has 0 bridgehead atoms. The molecule has 3 aromatic rings. The van der Waals surface area contributed by atoms with Crippen LogP contribution in [0.5, 0.6) is 5.75 Å². The van der Waals surface area contributed by atoms with Crippen LogP contribution in [0, 0.1) is 0 Å². The lowest BCUT2D eigenvalue weighted by Crippen LogP contribution is -2.34. The number of nitrogens with one attached hydrogen (secondary N) is 1. The van der Waals surface area contributed by atoms with Crippen LogP contribution in [0.15, 0.2) is 53.3 Å². The lowest BCUT2D eigenvalue weighted by atomic mass is 10.1. The number of amides is 1. The third-order valence-electron chi connectivity index (χ3n) is 4.12. The van der Waals surface area contributed by atoms with E-state index in [-0.39, 0.29) is 5.56 Å². The van der Waals surface area contributed by atoms with Gasteiger partial charge in [0.05, 0.1) is 11.1 Å². The molecule has 5 nitrogen and oxygen atoms in total. The summed E-state index contributed by atoms with van der Waals surface area (Å²) in [4.78, 5) is 24.9. The van der Waals surface area contributed by atoms with E-state index < -0.39 is 22.7 Å². The fourth-order valence-corrected chi connectivity index (χ4v) is 3.21. The highest BCUT2D eigenvalue weighted by Gasteiger charge is 2.22. The molecule has 0 fully saturated rings. The van der Waals surface area contributed by atoms with Crippen molar-refractivity contribution in [2.24, 2.45) is 7.05 Å². The van der Waals surface area contributed by atoms with Crippen molar-refractivity contribution in [3.8, 4) is 5.75 Å². The smallest absolute Gasteiger partial charge is 0.293 e. The highest BCUT2D eigenvalue weighted by molar-refractivity contribution is 6.30. The first-order chi connectivity index (χ1) is 12.4. The number of hydrogen-bond acceptors (Lipinski definition) is 3. The average molecular weight is 391 g/mol. The number of aryl methyl sites for hydroxylation is 1. The number of fused-ring (bicyclic) bond motifs is 1. The monoisotopic (exact) mass is 390 g/mol. The average Bonchev–Trinajstić information content (AvgIpc) is 2.62. The maximum Gasteiger partial charge on any atom is 0.293 e. The van der Waals surface area contributed by atoms with Crippen molar-refractivity contribution in [2.75, 3.05) is 0 Å². The van der Waals surface area contributed by atoms with Gasteiger partial charge < -0.3 is 15.0 Å². The highest BCUT2D eigenvalue weighted by Crippen LogP contribution is 2.24. The van der Waals surface area contributed by atoms with Crippen molar-refractivity contribution in [1.82, 2.24) is 9.88 Å². The summed E-state index contributed by atoms with van der Waals surface area (Å²) in [7, 11) is 1.54. The molecule has 1 unspecified atom stereocenters. The van der Waals surface area contributed by atoms with E-state index >= 15 is 0 Å². The number of nitrogens with zero attached hydrogens (tertiary/aromatic N) is 1. The third-order valence-corrected chi connectivity index (χ3v) is 4.64. The molecule has 1 aromatic heterocycles. The number of benzene rings is 2. The van der Waals surface area contributed by atoms with E-state index in [0.717, 1.165) is 5.56 Å². The van der Waals surface area contributed by atoms with Gasteiger partial charge in [0.2, 0.25) is 0 Å². The molecule has 7 heteroatoms. The molecule has 134 valence electrons. The van der Waals surface area contributed by atoms with Gasteiger partial charge in [0, 0.05) is 23.9 Å². The van der Waals surface area contributed by atoms with Gasteiger partial charge in [-0.3, -0.25) is 9.59 Å². The Morgan fingerprint density at radius 1 is 1.19 bits per heavy atom. The summed E-state index contributed by atoms with van der Waals surface area (Å²) in [5, 5.41) is 13.9. The Morgan fingerprint density at radius 3 is 2.54 bits per heavy atom. The minimum atomic E-state index is -0.717. The van der Waals surface area contributed by atoms with Crippen LogP contribution in [0.4, 0.5) is 0 Å². The number of halogens is 2. The number of carbonyl (C=O) groups is 1. The molecular formula is C19H16Cl2N2O3. The lowest BCUT2D eigenvalue weighted by molar-refractivity contribution is 0.0947. The summed E-state index contributed by atoms with van der Waals surface area (Å²) in [6.45, 7) is 0. The minimum Gasteiger partial charge on any atom is -0.502 e. The standard InChI is InChI=1S/C19H16Cl2N2O3/c1-23-14-5-3-2-4-13(14)16(17(24)19(23)26)18(25)22-15(21)10-11-6-8-12(20)9-7-11/h2-9,15,24H,10H2,1H3,(H,22,25). The molecule has 1 atom stereocenters. The number of aromatic nitrogens is 1. The van der Waals surface area contributed by atoms with Gasteiger partial charge in [0.15, 0.2) is 5.75 Å². The molecule has 3 rings (SSSR count). The zero-order valence-corrected chi connectivity index (χ0v) is 15.4. The predicted molar refractivity (Wildman–Crippen MR) is 103 cm³/mol. The van der Waals surface area contributed by atoms with Crippen molar-refractivity contribution < 1.29 is 9.90 Å². The van der Waals surface area contributed by atoms with Crippen LogP contribution in [0.1, 0.15) is 15.9 Å². The number of para-hydroxylation sites is 1. The molecule has 2 aromatic carbocycles. The number of pyridine rings is 1. The fraction of sp³-hybridized carbons (Fsp3) is 0.158. The van der Waals surface area contributed by atoms with Gasteiger partial charge in [-0.15, -0.1) is 0 Å². The molecule has 0 saturated heterocycles. The second-order valence-electron chi connectivity index (χ2n) is 5.88. The SMILES string of the molecule is Cn1c(=O)c(O)c(C(=O)NC(Cl)Cc2ccc(Cl)cc2)c2ccccc21. The van der Waals surface area contributed by atoms with E-state index in [1.807, 2.05) is 12.1 Å². The molecule has 1 heterocycles. The zero-order chi connectivity index (χ0) is 18.8. The third kappa shape index (κ3) is 3.54. The number of carbonyl (C=O) groups excluding carboxylic acids is 1. The molecule has 0 saturated carbocycles. The van der Waals surface area contributed by atoms with Gasteiger partial charge in [-0.1, -0.05) is 53.5 Å². The van der Waals surface area contributed by atoms with Crippen molar-refractivity contribution in [1.29, 1.82) is 0 Å². The topological polar surface area (TPSA) is 71.3 Å². The Labute approximate surface area is 159 Å². The van der Waals surface area contributed by atoms with Crippen LogP contribution in [0.3, 0.4) is 0 Å². The van der Waals surface area contributed by atoms with Gasteiger partial charge in [0.1, 0.15) is 5.50 Å². The molecule has 1 amide bonds. The zero-order valence-electron chi connectivity index (χ0n) is 13.9. The maximum atomic E-state index is 12.7. The van der Waals surface area contributed by atoms with Gasteiger partial charge in [-0.25, -0.2) is 0 Å². The van der Waals surface area contributed by atoms with Gasteiger partial charge in [0.25, 0.3) is 11.5 Å². The van der Waals surface area contributed by atoms with E-state index in [4.69, 9.17) is 23.2 Å². The molecule has 0 radical (unpaired) electrons. The molecule has 0 aliphatic rings. The first-order valence-corrected chi connectivity index (χ1v) is 8.70. The van der Waals surface area contributed by atoms with Gasteiger partial charge in [-0.2, -0.15) is 0 Å². The Balaban J connectivity index is 1.90. The quantitative estimate of drug-likeness (QED) is 0.529. The summed E-state index contributed by atoms with van der Waals surface area (Å²) in [6.07, 6.45) is 0.369. The molecular weight excluding hydrogens is 375 g/mol. The normalized spacial score (nSPS) is 12.1. The van der Waals surface area contributed by atoms with Gasteiger partial charge >= 0.3 is 0 Å². The van der Waals surface area contributed by atoms with Crippen LogP contribution in [-0.2, 0) is 13.5 Å². The highest BCUT2D eigenvalue weighted by atomic mass is 35.5. The Kier molecular flexibility index (Phi) is 5.20. The summed E-state index contributed by atoms with van der Waals surface area (Å²) in [5.41, 5.74) is 0.00561. The number of alkyl halides is 1. The number of hydrogen-bond donors (Lipinski definition) is 2. The maximum absolute atomic E-state index is 12.7. The van der Waals surface area contributed by atoms with Gasteiger partial charge in [-0.05, 0) is 23.8 Å². The summed E-state index contributed by atoms with van der Waals surface area (Å²) >= 11 is 12.1. The number of rotatable bonds is 4. The Hall–Kier alpha value is -2.50. The van der Waals surface area contributed by atoms with Crippen LogP contribution in [0.25, 0.3) is 10.9 Å². The molecule has 0 aliphatic carbocycles. The Morgan fingerprint density at radius 2 is 1.85 bits per heavy atom. The fourth-order valence-electron chi connectivity index (χ4n) is 2.80. The lowest BCUT2D eigenvalue weighted by Gasteiger charge is -2.15. The van der Waals surface area contributed by atoms with E-state index in [2.05, 4.69) is 5.32 Å². The van der Waals surface area contributed by atoms with E-state index in [1.54, 1.807) is 36.4 Å². The minimum absolute atomic E-state index is 0.0783.